The summed E-state index contributed by atoms with van der Waals surface area (Å²) in [6.07, 6.45) is 0. The van der Waals surface area contributed by atoms with Crippen LogP contribution in [0.2, 0.25) is 0 Å². The van der Waals surface area contributed by atoms with Crippen LogP contribution in [-0.2, 0) is 0 Å². The van der Waals surface area contributed by atoms with Gasteiger partial charge in [-0.05, 0) is 6.07 Å². The molecule has 0 atom stereocenters. The highest BCUT2D eigenvalue weighted by atomic mass is 32.1. The van der Waals surface area contributed by atoms with E-state index in [4.69, 9.17) is 23.7 Å². The topological polar surface area (TPSA) is 69.1 Å². The summed E-state index contributed by atoms with van der Waals surface area (Å²) in [5.41, 5.74) is 11.4. The van der Waals surface area contributed by atoms with Gasteiger partial charge in [-0.25, -0.2) is 0 Å². The third-order valence-electron chi connectivity index (χ3n) is 1.46. The molecule has 0 bridgehead atoms. The van der Waals surface area contributed by atoms with Crippen LogP contribution in [0.4, 0.5) is 0 Å². The molecule has 0 radical (unpaired) electrons. The number of hydrogen-bond acceptors (Lipinski definition) is 2. The van der Waals surface area contributed by atoms with Gasteiger partial charge >= 0.3 is 0 Å². The molecule has 4 heteroatoms. The Morgan fingerprint density at radius 1 is 1.17 bits per heavy atom. The molecule has 0 spiro atoms. The van der Waals surface area contributed by atoms with E-state index in [9.17, 15) is 4.79 Å². The number of benzene rings is 1. The Morgan fingerprint density at radius 3 is 2.00 bits per heavy atom. The van der Waals surface area contributed by atoms with Gasteiger partial charge in [0.2, 0.25) is 5.91 Å². The lowest BCUT2D eigenvalue weighted by Gasteiger charge is -2.02. The zero-order chi connectivity index (χ0) is 9.14. The van der Waals surface area contributed by atoms with Crippen LogP contribution in [0.5, 0.6) is 0 Å². The first kappa shape index (κ1) is 8.67. The van der Waals surface area contributed by atoms with Gasteiger partial charge in [-0.3, -0.25) is 4.79 Å². The molecule has 1 rings (SSSR count). The smallest absolute Gasteiger partial charge is 0.249 e. The van der Waals surface area contributed by atoms with Crippen molar-refractivity contribution in [3.05, 3.63) is 35.4 Å². The van der Waals surface area contributed by atoms with Crippen LogP contribution >= 0.6 is 12.2 Å². The van der Waals surface area contributed by atoms with E-state index in [0.29, 0.717) is 11.1 Å². The van der Waals surface area contributed by atoms with Crippen LogP contribution in [0.25, 0.3) is 0 Å². The quantitative estimate of drug-likeness (QED) is 0.648. The second kappa shape index (κ2) is 3.32. The molecular weight excluding hydrogens is 172 g/mol. The van der Waals surface area contributed by atoms with Crippen molar-refractivity contribution in [2.75, 3.05) is 0 Å². The van der Waals surface area contributed by atoms with Crippen molar-refractivity contribution in [1.29, 1.82) is 0 Å². The number of amides is 1. The molecule has 1 aromatic carbocycles. The predicted molar refractivity (Wildman–Crippen MR) is 50.8 cm³/mol. The maximum Gasteiger partial charge on any atom is 0.249 e. The largest absolute Gasteiger partial charge is 0.389 e. The minimum absolute atomic E-state index is 0.185. The number of primary amides is 1. The highest BCUT2D eigenvalue weighted by molar-refractivity contribution is 7.80. The molecule has 4 N–H and O–H groups in total. The normalized spacial score (nSPS) is 9.33. The lowest BCUT2D eigenvalue weighted by Crippen LogP contribution is -2.19. The average molecular weight is 180 g/mol. The fourth-order valence-corrected chi connectivity index (χ4v) is 1.09. The average Bonchev–Trinajstić information content (AvgIpc) is 2.04. The highest BCUT2D eigenvalue weighted by Gasteiger charge is 2.07. The Labute approximate surface area is 75.4 Å². The zero-order valence-corrected chi connectivity index (χ0v) is 7.10. The maximum absolute atomic E-state index is 10.8. The molecule has 62 valence electrons. The molecule has 0 heterocycles. The van der Waals surface area contributed by atoms with Gasteiger partial charge in [-0.15, -0.1) is 0 Å². The summed E-state index contributed by atoms with van der Waals surface area (Å²) in [6.45, 7) is 0. The van der Waals surface area contributed by atoms with Gasteiger partial charge < -0.3 is 11.5 Å². The Balaban J connectivity index is 3.27. The third-order valence-corrected chi connectivity index (χ3v) is 1.68. The number of nitrogens with two attached hydrogens (primary N) is 2. The van der Waals surface area contributed by atoms with Crippen LogP contribution < -0.4 is 11.5 Å². The Morgan fingerprint density at radius 2 is 1.67 bits per heavy atom. The van der Waals surface area contributed by atoms with E-state index >= 15 is 0 Å². The molecule has 0 aromatic heterocycles. The molecule has 0 saturated carbocycles. The summed E-state index contributed by atoms with van der Waals surface area (Å²) in [5.74, 6) is -0.515. The van der Waals surface area contributed by atoms with Gasteiger partial charge in [0.25, 0.3) is 0 Å². The van der Waals surface area contributed by atoms with E-state index in [2.05, 4.69) is 0 Å². The SMILES string of the molecule is NC(=O)c1ccccc1C(N)=S. The Hall–Kier alpha value is -1.42. The number of rotatable bonds is 2. The highest BCUT2D eigenvalue weighted by Crippen LogP contribution is 2.06. The van der Waals surface area contributed by atoms with Crippen molar-refractivity contribution in [2.45, 2.75) is 0 Å². The van der Waals surface area contributed by atoms with E-state index in [0.717, 1.165) is 0 Å². The van der Waals surface area contributed by atoms with Crippen LogP contribution in [0.3, 0.4) is 0 Å². The van der Waals surface area contributed by atoms with Crippen molar-refractivity contribution >= 4 is 23.1 Å². The molecule has 12 heavy (non-hydrogen) atoms. The fourth-order valence-electron chi connectivity index (χ4n) is 0.913. The number of thiocarbonyl (C=S) groups is 1. The molecule has 0 fully saturated rings. The van der Waals surface area contributed by atoms with Crippen LogP contribution in [0, 0.1) is 0 Å². The van der Waals surface area contributed by atoms with Gasteiger partial charge in [0, 0.05) is 11.1 Å². The second-order valence-corrected chi connectivity index (χ2v) is 2.71. The Bertz CT molecular complexity index is 303. The summed E-state index contributed by atoms with van der Waals surface area (Å²) < 4.78 is 0. The lowest BCUT2D eigenvalue weighted by atomic mass is 10.1. The molecular formula is C8H8N2OS. The van der Waals surface area contributed by atoms with E-state index in [-0.39, 0.29) is 4.99 Å². The number of carbonyl (C=O) groups excluding carboxylic acids is 1. The zero-order valence-electron chi connectivity index (χ0n) is 6.28. The Kier molecular flexibility index (Phi) is 2.40. The minimum atomic E-state index is -0.515. The first-order valence-electron chi connectivity index (χ1n) is 3.31. The molecule has 0 aliphatic carbocycles. The molecule has 0 unspecified atom stereocenters. The standard InChI is InChI=1S/C8H8N2OS/c9-7(11)5-3-1-2-4-6(5)8(10)12/h1-4H,(H2,9,11)(H2,10,12). The number of hydrogen-bond donors (Lipinski definition) is 2. The van der Waals surface area contributed by atoms with Crippen molar-refractivity contribution in [3.63, 3.8) is 0 Å². The molecule has 0 aliphatic rings. The summed E-state index contributed by atoms with van der Waals surface area (Å²) in [6, 6.07) is 6.72. The molecule has 1 amide bonds. The summed E-state index contributed by atoms with van der Waals surface area (Å²) in [4.78, 5) is 11.0. The minimum Gasteiger partial charge on any atom is -0.389 e. The van der Waals surface area contributed by atoms with Gasteiger partial charge in [0.15, 0.2) is 0 Å². The van der Waals surface area contributed by atoms with Crippen LogP contribution in [0.1, 0.15) is 15.9 Å². The fraction of sp³-hybridized carbons (Fsp3) is 0. The predicted octanol–water partition coefficient (Wildman–Crippen LogP) is 0.420. The monoisotopic (exact) mass is 180 g/mol. The van der Waals surface area contributed by atoms with E-state index < -0.39 is 5.91 Å². The molecule has 3 nitrogen and oxygen atoms in total. The number of carbonyl (C=O) groups is 1. The van der Waals surface area contributed by atoms with Gasteiger partial charge in [-0.2, -0.15) is 0 Å². The summed E-state index contributed by atoms with van der Waals surface area (Å²) in [5, 5.41) is 0. The van der Waals surface area contributed by atoms with E-state index in [1.165, 1.54) is 0 Å². The maximum atomic E-state index is 10.8. The van der Waals surface area contributed by atoms with Crippen molar-refractivity contribution in [3.8, 4) is 0 Å². The molecule has 0 saturated heterocycles. The first-order valence-corrected chi connectivity index (χ1v) is 3.72. The molecule has 1 aromatic rings. The van der Waals surface area contributed by atoms with Crippen molar-refractivity contribution in [1.82, 2.24) is 0 Å². The molecule has 0 aliphatic heterocycles. The second-order valence-electron chi connectivity index (χ2n) is 2.27. The van der Waals surface area contributed by atoms with Gasteiger partial charge in [0.05, 0.1) is 0 Å². The van der Waals surface area contributed by atoms with Crippen LogP contribution in [0.15, 0.2) is 24.3 Å². The van der Waals surface area contributed by atoms with Crippen molar-refractivity contribution < 1.29 is 4.79 Å². The summed E-state index contributed by atoms with van der Waals surface area (Å²) >= 11 is 4.74. The van der Waals surface area contributed by atoms with Crippen LogP contribution in [-0.4, -0.2) is 10.9 Å². The van der Waals surface area contributed by atoms with E-state index in [1.54, 1.807) is 24.3 Å². The van der Waals surface area contributed by atoms with Gasteiger partial charge in [0.1, 0.15) is 4.99 Å². The van der Waals surface area contributed by atoms with Gasteiger partial charge in [-0.1, -0.05) is 30.4 Å². The van der Waals surface area contributed by atoms with Crippen molar-refractivity contribution in [2.24, 2.45) is 11.5 Å². The third kappa shape index (κ3) is 1.60. The lowest BCUT2D eigenvalue weighted by molar-refractivity contribution is 0.1000. The van der Waals surface area contributed by atoms with E-state index in [1.807, 2.05) is 0 Å². The summed E-state index contributed by atoms with van der Waals surface area (Å²) in [7, 11) is 0. The first-order chi connectivity index (χ1) is 5.63.